The van der Waals surface area contributed by atoms with Crippen LogP contribution in [-0.4, -0.2) is 47.8 Å². The molecular weight excluding hydrogens is 288 g/mol. The number of hydrogen-bond acceptors (Lipinski definition) is 2. The largest absolute Gasteiger partial charge is 0.341 e. The van der Waals surface area contributed by atoms with Crippen molar-refractivity contribution in [3.05, 3.63) is 34.9 Å². The second-order valence-electron chi connectivity index (χ2n) is 5.64. The van der Waals surface area contributed by atoms with Gasteiger partial charge in [0.15, 0.2) is 0 Å². The first-order valence-corrected chi connectivity index (χ1v) is 7.70. The quantitative estimate of drug-likeness (QED) is 0.843. The van der Waals surface area contributed by atoms with Gasteiger partial charge in [-0.1, -0.05) is 31.5 Å². The van der Waals surface area contributed by atoms with Gasteiger partial charge in [-0.2, -0.15) is 0 Å². The molecule has 0 N–H and O–H groups in total. The molecule has 2 rings (SSSR count). The molecule has 0 atom stereocenters. The first kappa shape index (κ1) is 15.8. The molecule has 5 heteroatoms. The molecule has 1 fully saturated rings. The van der Waals surface area contributed by atoms with Crippen molar-refractivity contribution in [1.82, 2.24) is 9.80 Å². The Bertz CT molecular complexity index is 531. The summed E-state index contributed by atoms with van der Waals surface area (Å²) < 4.78 is 0. The van der Waals surface area contributed by atoms with Crippen molar-refractivity contribution in [3.8, 4) is 0 Å². The average molecular weight is 309 g/mol. The second kappa shape index (κ2) is 6.94. The van der Waals surface area contributed by atoms with Crippen LogP contribution in [0.15, 0.2) is 24.3 Å². The lowest BCUT2D eigenvalue weighted by atomic mass is 10.2. The Morgan fingerprint density at radius 3 is 2.43 bits per heavy atom. The van der Waals surface area contributed by atoms with E-state index in [4.69, 9.17) is 11.6 Å². The molecule has 0 spiro atoms. The molecule has 1 aliphatic heterocycles. The molecule has 21 heavy (non-hydrogen) atoms. The summed E-state index contributed by atoms with van der Waals surface area (Å²) in [4.78, 5) is 28.2. The SMILES string of the molecule is CC(C)C(=O)N1CCCN(C(=O)c2cccc(Cl)c2)CC1. The number of hydrogen-bond donors (Lipinski definition) is 0. The Balaban J connectivity index is 2.03. The molecule has 2 amide bonds. The number of rotatable bonds is 2. The van der Waals surface area contributed by atoms with Crippen molar-refractivity contribution in [2.75, 3.05) is 26.2 Å². The zero-order valence-corrected chi connectivity index (χ0v) is 13.3. The number of benzene rings is 1. The fourth-order valence-corrected chi connectivity index (χ4v) is 2.70. The van der Waals surface area contributed by atoms with Gasteiger partial charge in [0, 0.05) is 42.7 Å². The van der Waals surface area contributed by atoms with Crippen LogP contribution in [0.25, 0.3) is 0 Å². The molecule has 0 aromatic heterocycles. The third-order valence-corrected chi connectivity index (χ3v) is 3.90. The van der Waals surface area contributed by atoms with Crippen LogP contribution in [0, 0.1) is 5.92 Å². The first-order valence-electron chi connectivity index (χ1n) is 7.32. The van der Waals surface area contributed by atoms with E-state index in [1.807, 2.05) is 18.7 Å². The molecule has 0 aliphatic carbocycles. The molecule has 1 aromatic rings. The second-order valence-corrected chi connectivity index (χ2v) is 6.07. The van der Waals surface area contributed by atoms with Crippen LogP contribution >= 0.6 is 11.6 Å². The van der Waals surface area contributed by atoms with E-state index in [1.54, 1.807) is 29.2 Å². The summed E-state index contributed by atoms with van der Waals surface area (Å²) >= 11 is 5.94. The van der Waals surface area contributed by atoms with Gasteiger partial charge in [0.05, 0.1) is 0 Å². The zero-order valence-electron chi connectivity index (χ0n) is 12.5. The Morgan fingerprint density at radius 1 is 1.10 bits per heavy atom. The summed E-state index contributed by atoms with van der Waals surface area (Å²) in [5.41, 5.74) is 0.603. The summed E-state index contributed by atoms with van der Waals surface area (Å²) in [5, 5.41) is 0.562. The molecule has 0 unspecified atom stereocenters. The predicted molar refractivity (Wildman–Crippen MR) is 83.4 cm³/mol. The third-order valence-electron chi connectivity index (χ3n) is 3.66. The molecule has 0 saturated carbocycles. The summed E-state index contributed by atoms with van der Waals surface area (Å²) in [6, 6.07) is 6.99. The van der Waals surface area contributed by atoms with E-state index >= 15 is 0 Å². The monoisotopic (exact) mass is 308 g/mol. The number of nitrogens with zero attached hydrogens (tertiary/aromatic N) is 2. The van der Waals surface area contributed by atoms with E-state index in [1.165, 1.54) is 0 Å². The molecule has 1 heterocycles. The maximum atomic E-state index is 12.5. The number of amides is 2. The minimum Gasteiger partial charge on any atom is -0.341 e. The van der Waals surface area contributed by atoms with Crippen molar-refractivity contribution in [2.45, 2.75) is 20.3 Å². The third kappa shape index (κ3) is 3.97. The zero-order chi connectivity index (χ0) is 15.4. The Labute approximate surface area is 130 Å². The van der Waals surface area contributed by atoms with Gasteiger partial charge in [0.2, 0.25) is 5.91 Å². The maximum absolute atomic E-state index is 12.5. The topological polar surface area (TPSA) is 40.6 Å². The van der Waals surface area contributed by atoms with E-state index in [0.29, 0.717) is 30.2 Å². The van der Waals surface area contributed by atoms with E-state index < -0.39 is 0 Å². The van der Waals surface area contributed by atoms with Crippen LogP contribution in [-0.2, 0) is 4.79 Å². The smallest absolute Gasteiger partial charge is 0.253 e. The summed E-state index contributed by atoms with van der Waals surface area (Å²) in [7, 11) is 0. The van der Waals surface area contributed by atoms with Crippen molar-refractivity contribution in [3.63, 3.8) is 0 Å². The minimum atomic E-state index is -0.0173. The molecule has 1 saturated heterocycles. The van der Waals surface area contributed by atoms with Gasteiger partial charge >= 0.3 is 0 Å². The van der Waals surface area contributed by atoms with Crippen molar-refractivity contribution >= 4 is 23.4 Å². The molecule has 4 nitrogen and oxygen atoms in total. The lowest BCUT2D eigenvalue weighted by molar-refractivity contribution is -0.134. The maximum Gasteiger partial charge on any atom is 0.253 e. The van der Waals surface area contributed by atoms with E-state index in [2.05, 4.69) is 0 Å². The fraction of sp³-hybridized carbons (Fsp3) is 0.500. The molecule has 1 aliphatic rings. The highest BCUT2D eigenvalue weighted by atomic mass is 35.5. The van der Waals surface area contributed by atoms with Crippen LogP contribution in [0.3, 0.4) is 0 Å². The highest BCUT2D eigenvalue weighted by Gasteiger charge is 2.23. The molecular formula is C16H21ClN2O2. The van der Waals surface area contributed by atoms with E-state index in [9.17, 15) is 9.59 Å². The first-order chi connectivity index (χ1) is 9.99. The minimum absolute atomic E-state index is 0.000168. The van der Waals surface area contributed by atoms with Gasteiger partial charge in [-0.3, -0.25) is 9.59 Å². The molecule has 1 aromatic carbocycles. The summed E-state index contributed by atoms with van der Waals surface area (Å²) in [6.07, 6.45) is 0.810. The Hall–Kier alpha value is -1.55. The van der Waals surface area contributed by atoms with Crippen molar-refractivity contribution in [1.29, 1.82) is 0 Å². The summed E-state index contributed by atoms with van der Waals surface area (Å²) in [6.45, 7) is 6.38. The molecule has 0 radical (unpaired) electrons. The average Bonchev–Trinajstić information content (AvgIpc) is 2.71. The molecule has 114 valence electrons. The fourth-order valence-electron chi connectivity index (χ4n) is 2.51. The van der Waals surface area contributed by atoms with Gasteiger partial charge in [-0.15, -0.1) is 0 Å². The Morgan fingerprint density at radius 2 is 1.76 bits per heavy atom. The van der Waals surface area contributed by atoms with Crippen molar-refractivity contribution < 1.29 is 9.59 Å². The van der Waals surface area contributed by atoms with Gasteiger partial charge < -0.3 is 9.80 Å². The van der Waals surface area contributed by atoms with E-state index in [-0.39, 0.29) is 17.7 Å². The van der Waals surface area contributed by atoms with E-state index in [0.717, 1.165) is 13.0 Å². The number of carbonyl (C=O) groups excluding carboxylic acids is 2. The Kier molecular flexibility index (Phi) is 5.23. The standard InChI is InChI=1S/C16H21ClN2O2/c1-12(2)15(20)18-7-4-8-19(10-9-18)16(21)13-5-3-6-14(17)11-13/h3,5-6,11-12H,4,7-10H2,1-2H3. The van der Waals surface area contributed by atoms with Crippen LogP contribution in [0.4, 0.5) is 0 Å². The highest BCUT2D eigenvalue weighted by molar-refractivity contribution is 6.30. The number of carbonyl (C=O) groups is 2. The van der Waals surface area contributed by atoms with Crippen LogP contribution in [0.1, 0.15) is 30.6 Å². The lowest BCUT2D eigenvalue weighted by Gasteiger charge is -2.23. The van der Waals surface area contributed by atoms with Gasteiger partial charge in [0.1, 0.15) is 0 Å². The lowest BCUT2D eigenvalue weighted by Crippen LogP contribution is -2.38. The molecule has 0 bridgehead atoms. The van der Waals surface area contributed by atoms with Gasteiger partial charge in [-0.25, -0.2) is 0 Å². The van der Waals surface area contributed by atoms with Crippen LogP contribution in [0.5, 0.6) is 0 Å². The van der Waals surface area contributed by atoms with Crippen molar-refractivity contribution in [2.24, 2.45) is 5.92 Å². The van der Waals surface area contributed by atoms with Gasteiger partial charge in [-0.05, 0) is 24.6 Å². The normalized spacial score (nSPS) is 16.0. The van der Waals surface area contributed by atoms with Crippen LogP contribution in [0.2, 0.25) is 5.02 Å². The highest BCUT2D eigenvalue weighted by Crippen LogP contribution is 2.15. The van der Waals surface area contributed by atoms with Gasteiger partial charge in [0.25, 0.3) is 5.91 Å². The summed E-state index contributed by atoms with van der Waals surface area (Å²) in [5.74, 6) is 0.142. The van der Waals surface area contributed by atoms with Crippen LogP contribution < -0.4 is 0 Å². The predicted octanol–water partition coefficient (Wildman–Crippen LogP) is 2.67. The number of halogens is 1.